The van der Waals surface area contributed by atoms with E-state index in [0.29, 0.717) is 17.6 Å². The van der Waals surface area contributed by atoms with Crippen LogP contribution in [0.4, 0.5) is 5.69 Å². The Morgan fingerprint density at radius 2 is 1.82 bits per heavy atom. The van der Waals surface area contributed by atoms with Crippen molar-refractivity contribution in [1.29, 1.82) is 0 Å². The third-order valence-corrected chi connectivity index (χ3v) is 7.97. The second-order valence-electron chi connectivity index (χ2n) is 11.1. The highest BCUT2D eigenvalue weighted by molar-refractivity contribution is 5.89. The van der Waals surface area contributed by atoms with Crippen molar-refractivity contribution in [1.82, 2.24) is 14.9 Å². The molecule has 1 aromatic carbocycles. The number of unbranched alkanes of at least 4 members (excludes halogenated alkanes) is 3. The molecule has 40 heavy (non-hydrogen) atoms. The van der Waals surface area contributed by atoms with Crippen LogP contribution in [0.25, 0.3) is 11.3 Å². The van der Waals surface area contributed by atoms with Crippen LogP contribution in [0.2, 0.25) is 0 Å². The maximum atomic E-state index is 11.3. The SMILES string of the molecule is CC.CCC(=O)CCCCCCc1ncc(-c2ccc(N)c(C=NC)c2)[nH]1.CN1CC2(CCC(C(N)=O)CC2)C1. The summed E-state index contributed by atoms with van der Waals surface area (Å²) in [6, 6.07) is 5.90. The summed E-state index contributed by atoms with van der Waals surface area (Å²) < 4.78 is 0. The lowest BCUT2D eigenvalue weighted by atomic mass is 9.66. The number of Topliss-reactive ketones (excluding diaryl/α,β-unsaturated/α-hetero) is 1. The summed E-state index contributed by atoms with van der Waals surface area (Å²) in [5.41, 5.74) is 15.5. The predicted octanol–water partition coefficient (Wildman–Crippen LogP) is 5.80. The zero-order chi connectivity index (χ0) is 29.5. The van der Waals surface area contributed by atoms with Crippen molar-refractivity contribution < 1.29 is 9.59 Å². The normalized spacial score (nSPS) is 16.5. The van der Waals surface area contributed by atoms with Crippen LogP contribution >= 0.6 is 0 Å². The number of rotatable bonds is 11. The highest BCUT2D eigenvalue weighted by Crippen LogP contribution is 2.44. The van der Waals surface area contributed by atoms with E-state index in [1.54, 1.807) is 13.3 Å². The minimum Gasteiger partial charge on any atom is -0.398 e. The summed E-state index contributed by atoms with van der Waals surface area (Å²) in [4.78, 5) is 36.5. The van der Waals surface area contributed by atoms with Crippen LogP contribution in [-0.4, -0.2) is 60.0 Å². The van der Waals surface area contributed by atoms with Gasteiger partial charge < -0.3 is 21.4 Å². The van der Waals surface area contributed by atoms with Gasteiger partial charge in [-0.15, -0.1) is 0 Å². The Morgan fingerprint density at radius 1 is 1.15 bits per heavy atom. The van der Waals surface area contributed by atoms with E-state index in [1.807, 2.05) is 45.2 Å². The molecule has 2 heterocycles. The van der Waals surface area contributed by atoms with Crippen molar-refractivity contribution in [3.8, 4) is 11.3 Å². The minimum absolute atomic E-state index is 0.0949. The number of carbonyl (C=O) groups excluding carboxylic acids is 2. The van der Waals surface area contributed by atoms with E-state index in [1.165, 1.54) is 25.9 Å². The van der Waals surface area contributed by atoms with Crippen molar-refractivity contribution in [3.63, 3.8) is 0 Å². The van der Waals surface area contributed by atoms with Gasteiger partial charge in [0.25, 0.3) is 0 Å². The van der Waals surface area contributed by atoms with Crippen LogP contribution in [-0.2, 0) is 16.0 Å². The van der Waals surface area contributed by atoms with Gasteiger partial charge in [0.1, 0.15) is 11.6 Å². The largest absolute Gasteiger partial charge is 0.398 e. The lowest BCUT2D eigenvalue weighted by molar-refractivity contribution is -0.125. The monoisotopic (exact) mass is 552 g/mol. The van der Waals surface area contributed by atoms with E-state index in [2.05, 4.69) is 26.9 Å². The Kier molecular flexibility index (Phi) is 14.1. The van der Waals surface area contributed by atoms with Crippen LogP contribution in [0.3, 0.4) is 0 Å². The molecular weight excluding hydrogens is 500 g/mol. The molecule has 1 saturated carbocycles. The quantitative estimate of drug-likeness (QED) is 0.184. The van der Waals surface area contributed by atoms with Crippen molar-refractivity contribution in [2.24, 2.45) is 22.1 Å². The summed E-state index contributed by atoms with van der Waals surface area (Å²) in [6.45, 7) is 8.37. The van der Waals surface area contributed by atoms with Gasteiger partial charge in [0.15, 0.2) is 0 Å². The number of hydrogen-bond donors (Lipinski definition) is 3. The summed E-state index contributed by atoms with van der Waals surface area (Å²) in [5.74, 6) is 1.44. The summed E-state index contributed by atoms with van der Waals surface area (Å²) in [7, 11) is 3.89. The van der Waals surface area contributed by atoms with E-state index in [0.717, 1.165) is 79.7 Å². The number of aliphatic imine (C=N–C) groups is 1. The lowest BCUT2D eigenvalue weighted by Crippen LogP contribution is -2.56. The van der Waals surface area contributed by atoms with Crippen molar-refractivity contribution in [2.75, 3.05) is 32.9 Å². The van der Waals surface area contributed by atoms with E-state index >= 15 is 0 Å². The number of ketones is 1. The van der Waals surface area contributed by atoms with Crippen molar-refractivity contribution >= 4 is 23.6 Å². The number of anilines is 1. The Balaban J connectivity index is 0.000000311. The Bertz CT molecular complexity index is 1080. The van der Waals surface area contributed by atoms with Gasteiger partial charge >= 0.3 is 0 Å². The number of aromatic nitrogens is 2. The van der Waals surface area contributed by atoms with Crippen molar-refractivity contribution in [2.45, 2.75) is 91.4 Å². The van der Waals surface area contributed by atoms with Gasteiger partial charge in [-0.1, -0.05) is 39.7 Å². The number of primary amides is 1. The molecule has 2 aliphatic rings. The maximum Gasteiger partial charge on any atom is 0.220 e. The number of likely N-dealkylation sites (tertiary alicyclic amines) is 1. The first-order valence-electron chi connectivity index (χ1n) is 15.1. The molecule has 222 valence electrons. The number of nitrogens with two attached hydrogens (primary N) is 2. The number of aromatic amines is 1. The van der Waals surface area contributed by atoms with Gasteiger partial charge in [-0.2, -0.15) is 0 Å². The van der Waals surface area contributed by atoms with E-state index in [-0.39, 0.29) is 11.8 Å². The second kappa shape index (κ2) is 17.0. The smallest absolute Gasteiger partial charge is 0.220 e. The number of amides is 1. The molecule has 1 aliphatic carbocycles. The van der Waals surface area contributed by atoms with Gasteiger partial charge in [0.05, 0.1) is 11.9 Å². The van der Waals surface area contributed by atoms with Gasteiger partial charge in [0.2, 0.25) is 5.91 Å². The average molecular weight is 553 g/mol. The number of H-pyrrole nitrogens is 1. The number of nitrogen functional groups attached to an aromatic ring is 1. The molecule has 1 spiro atoms. The number of aryl methyl sites for hydroxylation is 1. The van der Waals surface area contributed by atoms with Gasteiger partial charge in [0, 0.05) is 68.3 Å². The molecule has 2 fully saturated rings. The molecule has 0 bridgehead atoms. The van der Waals surface area contributed by atoms with Gasteiger partial charge in [-0.25, -0.2) is 4.98 Å². The summed E-state index contributed by atoms with van der Waals surface area (Å²) >= 11 is 0. The first-order valence-corrected chi connectivity index (χ1v) is 15.1. The van der Waals surface area contributed by atoms with E-state index in [4.69, 9.17) is 11.5 Å². The Morgan fingerprint density at radius 3 is 2.42 bits per heavy atom. The molecule has 2 aromatic rings. The molecule has 1 amide bonds. The molecule has 1 saturated heterocycles. The summed E-state index contributed by atoms with van der Waals surface area (Å²) in [6.07, 6.45) is 14.7. The molecule has 1 aromatic heterocycles. The molecular formula is C32H52N6O2. The number of hydrogen-bond acceptors (Lipinski definition) is 6. The molecule has 4 rings (SSSR count). The minimum atomic E-state index is -0.0949. The van der Waals surface area contributed by atoms with Gasteiger partial charge in [-0.3, -0.25) is 14.6 Å². The fourth-order valence-corrected chi connectivity index (χ4v) is 5.70. The highest BCUT2D eigenvalue weighted by Gasteiger charge is 2.44. The van der Waals surface area contributed by atoms with Crippen LogP contribution in [0, 0.1) is 11.3 Å². The number of carbonyl (C=O) groups is 2. The number of nitrogens with one attached hydrogen (secondary N) is 1. The van der Waals surface area contributed by atoms with Crippen molar-refractivity contribution in [3.05, 3.63) is 35.8 Å². The Labute approximate surface area is 241 Å². The highest BCUT2D eigenvalue weighted by atomic mass is 16.1. The second-order valence-corrected chi connectivity index (χ2v) is 11.1. The van der Waals surface area contributed by atoms with E-state index < -0.39 is 0 Å². The molecule has 0 radical (unpaired) electrons. The molecule has 0 unspecified atom stereocenters. The predicted molar refractivity (Wildman–Crippen MR) is 166 cm³/mol. The third-order valence-electron chi connectivity index (χ3n) is 7.97. The Hall–Kier alpha value is -3.00. The van der Waals surface area contributed by atoms with Crippen LogP contribution in [0.5, 0.6) is 0 Å². The first-order chi connectivity index (χ1) is 19.2. The lowest BCUT2D eigenvalue weighted by Gasteiger charge is -2.52. The summed E-state index contributed by atoms with van der Waals surface area (Å²) in [5, 5.41) is 0. The van der Waals surface area contributed by atoms with Gasteiger partial charge in [-0.05, 0) is 63.1 Å². The number of imidazole rings is 1. The van der Waals surface area contributed by atoms with E-state index in [9.17, 15) is 9.59 Å². The average Bonchev–Trinajstić information content (AvgIpc) is 3.42. The first kappa shape index (κ1) is 33.2. The molecule has 0 atom stereocenters. The standard InChI is InChI=1S/C20H28N4O.C10H18N2O.C2H6/c1-3-17(25)8-6-4-5-7-9-20-23-14-19(24-20)15-10-11-18(21)16(12-15)13-22-2;1-12-6-10(7-12)4-2-8(3-5-10)9(11)13;1-2/h10-14H,3-9,21H2,1-2H3,(H,23,24);8H,2-7H2,1H3,(H2,11,13);1-2H3. The molecule has 8 heteroatoms. The van der Waals surface area contributed by atoms with Crippen LogP contribution < -0.4 is 11.5 Å². The van der Waals surface area contributed by atoms with Crippen LogP contribution in [0.1, 0.15) is 96.4 Å². The van der Waals surface area contributed by atoms with Crippen LogP contribution in [0.15, 0.2) is 29.4 Å². The third kappa shape index (κ3) is 10.2. The zero-order valence-corrected chi connectivity index (χ0v) is 25.5. The zero-order valence-electron chi connectivity index (χ0n) is 25.5. The fraction of sp³-hybridized carbons (Fsp3) is 0.625. The molecule has 8 nitrogen and oxygen atoms in total. The number of benzene rings is 1. The molecule has 5 N–H and O–H groups in total. The molecule has 1 aliphatic heterocycles. The fourth-order valence-electron chi connectivity index (χ4n) is 5.70. The maximum absolute atomic E-state index is 11.3. The number of nitrogens with zero attached hydrogens (tertiary/aromatic N) is 3. The topological polar surface area (TPSA) is 130 Å².